The van der Waals surface area contributed by atoms with Gasteiger partial charge in [-0.05, 0) is 11.6 Å². The molecule has 0 aromatic heterocycles. The van der Waals surface area contributed by atoms with Crippen LogP contribution in [0.1, 0.15) is 11.1 Å². The summed E-state index contributed by atoms with van der Waals surface area (Å²) in [7, 11) is 0. The van der Waals surface area contributed by atoms with Crippen molar-refractivity contribution >= 4 is 12.8 Å². The largest absolute Gasteiger partial charge is 0.296 e. The Bertz CT molecular complexity index is 391. The summed E-state index contributed by atoms with van der Waals surface area (Å²) in [6, 6.07) is 10.1. The number of rotatable bonds is 2. The van der Waals surface area contributed by atoms with Crippen LogP contribution in [-0.4, -0.2) is 35.4 Å². The van der Waals surface area contributed by atoms with Crippen LogP contribution in [-0.2, 0) is 6.54 Å². The lowest BCUT2D eigenvalue weighted by atomic mass is 10.1. The molecular formula is C12H15N3S. The Balaban J connectivity index is 2.01. The summed E-state index contributed by atoms with van der Waals surface area (Å²) in [4.78, 5) is 2.36. The van der Waals surface area contributed by atoms with Crippen LogP contribution in [0.25, 0.3) is 0 Å². The fourth-order valence-electron chi connectivity index (χ4n) is 1.90. The lowest BCUT2D eigenvalue weighted by Gasteiger charge is -2.31. The van der Waals surface area contributed by atoms with E-state index in [9.17, 15) is 0 Å². The molecule has 1 heterocycles. The Morgan fingerprint density at radius 1 is 1.19 bits per heavy atom. The average molecular weight is 233 g/mol. The predicted octanol–water partition coefficient (Wildman–Crippen LogP) is 1.52. The molecule has 2 rings (SSSR count). The molecule has 84 valence electrons. The quantitative estimate of drug-likeness (QED) is 0.786. The molecule has 0 atom stereocenters. The van der Waals surface area contributed by atoms with Crippen LogP contribution in [0.4, 0.5) is 0 Å². The van der Waals surface area contributed by atoms with E-state index in [2.05, 4.69) is 23.8 Å². The minimum Gasteiger partial charge on any atom is -0.296 e. The molecule has 4 heteroatoms. The van der Waals surface area contributed by atoms with Gasteiger partial charge in [0.05, 0.1) is 11.6 Å². The fraction of sp³-hybridized carbons (Fsp3) is 0.417. The third kappa shape index (κ3) is 2.76. The zero-order valence-corrected chi connectivity index (χ0v) is 10.0. The first-order valence-corrected chi connectivity index (χ1v) is 5.84. The van der Waals surface area contributed by atoms with Crippen molar-refractivity contribution < 1.29 is 0 Å². The minimum absolute atomic E-state index is 0.788. The first kappa shape index (κ1) is 11.5. The second kappa shape index (κ2) is 5.35. The lowest BCUT2D eigenvalue weighted by Crippen LogP contribution is -2.41. The maximum Gasteiger partial charge on any atom is 0.0995 e. The van der Waals surface area contributed by atoms with Gasteiger partial charge >= 0.3 is 0 Å². The van der Waals surface area contributed by atoms with Gasteiger partial charge < -0.3 is 0 Å². The SMILES string of the molecule is N#Cc1ccccc1CN1CCN(S)CC1. The number of hydrogen-bond acceptors (Lipinski definition) is 4. The Kier molecular flexibility index (Phi) is 3.83. The summed E-state index contributed by atoms with van der Waals surface area (Å²) in [5.74, 6) is 0. The van der Waals surface area contributed by atoms with Gasteiger partial charge in [-0.1, -0.05) is 31.0 Å². The molecule has 3 nitrogen and oxygen atoms in total. The van der Waals surface area contributed by atoms with Gasteiger partial charge in [-0.2, -0.15) is 5.26 Å². The molecule has 1 aromatic rings. The van der Waals surface area contributed by atoms with E-state index < -0.39 is 0 Å². The second-order valence-electron chi connectivity index (χ2n) is 4.00. The highest BCUT2D eigenvalue weighted by Gasteiger charge is 2.15. The maximum atomic E-state index is 9.00. The first-order valence-electron chi connectivity index (χ1n) is 5.44. The van der Waals surface area contributed by atoms with Crippen molar-refractivity contribution in [1.82, 2.24) is 9.21 Å². The smallest absolute Gasteiger partial charge is 0.0995 e. The van der Waals surface area contributed by atoms with Gasteiger partial charge in [0.2, 0.25) is 0 Å². The molecule has 16 heavy (non-hydrogen) atoms. The Hall–Kier alpha value is -1.02. The van der Waals surface area contributed by atoms with Crippen LogP contribution in [0.15, 0.2) is 24.3 Å². The highest BCUT2D eigenvalue weighted by molar-refractivity contribution is 7.77. The first-order chi connectivity index (χ1) is 7.79. The predicted molar refractivity (Wildman–Crippen MR) is 67.0 cm³/mol. The molecule has 0 unspecified atom stereocenters. The summed E-state index contributed by atoms with van der Waals surface area (Å²) in [6.07, 6.45) is 0. The number of benzene rings is 1. The second-order valence-corrected chi connectivity index (χ2v) is 4.56. The maximum absolute atomic E-state index is 9.00. The van der Waals surface area contributed by atoms with Crippen molar-refractivity contribution in [3.8, 4) is 6.07 Å². The summed E-state index contributed by atoms with van der Waals surface area (Å²) in [5, 5.41) is 9.00. The van der Waals surface area contributed by atoms with Crippen molar-refractivity contribution in [2.24, 2.45) is 0 Å². The summed E-state index contributed by atoms with van der Waals surface area (Å²) < 4.78 is 2.03. The average Bonchev–Trinajstić information content (AvgIpc) is 2.33. The van der Waals surface area contributed by atoms with Crippen molar-refractivity contribution in [3.05, 3.63) is 35.4 Å². The van der Waals surface area contributed by atoms with Crippen LogP contribution < -0.4 is 0 Å². The fourth-order valence-corrected chi connectivity index (χ4v) is 2.08. The molecule has 0 amide bonds. The third-order valence-electron chi connectivity index (χ3n) is 2.88. The Morgan fingerprint density at radius 2 is 1.88 bits per heavy atom. The van der Waals surface area contributed by atoms with Crippen molar-refractivity contribution in [3.63, 3.8) is 0 Å². The van der Waals surface area contributed by atoms with Crippen LogP contribution in [0.3, 0.4) is 0 Å². The number of hydrogen-bond donors (Lipinski definition) is 1. The number of piperazine rings is 1. The molecular weight excluding hydrogens is 218 g/mol. The minimum atomic E-state index is 0.788. The van der Waals surface area contributed by atoms with E-state index in [1.165, 1.54) is 0 Å². The van der Waals surface area contributed by atoms with E-state index >= 15 is 0 Å². The van der Waals surface area contributed by atoms with Crippen molar-refractivity contribution in [2.75, 3.05) is 26.2 Å². The molecule has 1 aliphatic rings. The molecule has 1 fully saturated rings. The molecule has 0 aliphatic carbocycles. The van der Waals surface area contributed by atoms with Gasteiger partial charge in [-0.15, -0.1) is 0 Å². The van der Waals surface area contributed by atoms with E-state index in [0.717, 1.165) is 43.9 Å². The standard InChI is InChI=1S/C12H15N3S/c13-9-11-3-1-2-4-12(11)10-14-5-7-15(16)8-6-14/h1-4,16H,5-8,10H2. The Labute approximate surface area is 102 Å². The molecule has 1 saturated heterocycles. The number of nitriles is 1. The number of thiol groups is 1. The molecule has 1 aliphatic heterocycles. The molecule has 0 bridgehead atoms. The third-order valence-corrected chi connectivity index (χ3v) is 3.28. The monoisotopic (exact) mass is 233 g/mol. The molecule has 0 spiro atoms. The van der Waals surface area contributed by atoms with E-state index in [4.69, 9.17) is 5.26 Å². The van der Waals surface area contributed by atoms with Gasteiger partial charge in [-0.25, -0.2) is 0 Å². The highest BCUT2D eigenvalue weighted by atomic mass is 32.1. The van der Waals surface area contributed by atoms with Gasteiger partial charge in [0, 0.05) is 32.7 Å². The summed E-state index contributed by atoms with van der Waals surface area (Å²) in [5.41, 5.74) is 1.91. The van der Waals surface area contributed by atoms with E-state index in [1.54, 1.807) is 0 Å². The van der Waals surface area contributed by atoms with Crippen molar-refractivity contribution in [2.45, 2.75) is 6.54 Å². The molecule has 0 N–H and O–H groups in total. The van der Waals surface area contributed by atoms with Crippen molar-refractivity contribution in [1.29, 1.82) is 5.26 Å². The van der Waals surface area contributed by atoms with Crippen LogP contribution in [0.5, 0.6) is 0 Å². The topological polar surface area (TPSA) is 30.3 Å². The van der Waals surface area contributed by atoms with Gasteiger partial charge in [0.1, 0.15) is 0 Å². The van der Waals surface area contributed by atoms with Crippen LogP contribution >= 0.6 is 12.8 Å². The van der Waals surface area contributed by atoms with E-state index in [1.807, 2.05) is 28.6 Å². The molecule has 0 saturated carbocycles. The van der Waals surface area contributed by atoms with E-state index in [-0.39, 0.29) is 0 Å². The zero-order chi connectivity index (χ0) is 11.4. The van der Waals surface area contributed by atoms with Gasteiger partial charge in [0.25, 0.3) is 0 Å². The molecule has 1 aromatic carbocycles. The zero-order valence-electron chi connectivity index (χ0n) is 9.13. The van der Waals surface area contributed by atoms with Crippen LogP contribution in [0, 0.1) is 11.3 Å². The normalized spacial score (nSPS) is 18.2. The Morgan fingerprint density at radius 3 is 2.56 bits per heavy atom. The van der Waals surface area contributed by atoms with E-state index in [0.29, 0.717) is 0 Å². The van der Waals surface area contributed by atoms with Crippen LogP contribution in [0.2, 0.25) is 0 Å². The highest BCUT2D eigenvalue weighted by Crippen LogP contribution is 2.12. The summed E-state index contributed by atoms with van der Waals surface area (Å²) >= 11 is 4.32. The molecule has 0 radical (unpaired) electrons. The van der Waals surface area contributed by atoms with Gasteiger partial charge in [0.15, 0.2) is 0 Å². The number of nitrogens with zero attached hydrogens (tertiary/aromatic N) is 3. The summed E-state index contributed by atoms with van der Waals surface area (Å²) in [6.45, 7) is 4.87. The lowest BCUT2D eigenvalue weighted by molar-refractivity contribution is 0.190. The van der Waals surface area contributed by atoms with Gasteiger partial charge in [-0.3, -0.25) is 9.21 Å².